The van der Waals surface area contributed by atoms with Crippen LogP contribution in [0, 0.1) is 5.41 Å². The fraction of sp³-hybridized carbons (Fsp3) is 0.900. The predicted octanol–water partition coefficient (Wildman–Crippen LogP) is 0.0977. The van der Waals surface area contributed by atoms with Crippen LogP contribution in [0.3, 0.4) is 0 Å². The van der Waals surface area contributed by atoms with Crippen molar-refractivity contribution < 1.29 is 18.3 Å². The normalized spacial score (nSPS) is 13.0. The van der Waals surface area contributed by atoms with Crippen LogP contribution in [0.1, 0.15) is 26.7 Å². The molecule has 0 aliphatic heterocycles. The highest BCUT2D eigenvalue weighted by Crippen LogP contribution is 2.16. The Morgan fingerprint density at radius 3 is 2.35 bits per heavy atom. The standard InChI is InChI=1S/C10H22N2O4S/c1-10(2,7-11)8-12(3)17(15,16)6-4-5-9(13)14/h4-8,11H2,1-3H3,(H,13,14). The van der Waals surface area contributed by atoms with Gasteiger partial charge in [0.1, 0.15) is 0 Å². The zero-order valence-corrected chi connectivity index (χ0v) is 11.5. The summed E-state index contributed by atoms with van der Waals surface area (Å²) in [6.45, 7) is 4.49. The lowest BCUT2D eigenvalue weighted by Gasteiger charge is -2.28. The third-order valence-corrected chi connectivity index (χ3v) is 4.35. The van der Waals surface area contributed by atoms with E-state index in [1.54, 1.807) is 0 Å². The maximum atomic E-state index is 11.8. The van der Waals surface area contributed by atoms with Gasteiger partial charge in [-0.3, -0.25) is 4.79 Å². The molecule has 3 N–H and O–H groups in total. The maximum Gasteiger partial charge on any atom is 0.303 e. The van der Waals surface area contributed by atoms with Crippen LogP contribution in [0.2, 0.25) is 0 Å². The van der Waals surface area contributed by atoms with E-state index < -0.39 is 16.0 Å². The fourth-order valence-corrected chi connectivity index (χ4v) is 2.69. The largest absolute Gasteiger partial charge is 0.481 e. The maximum absolute atomic E-state index is 11.8. The first kappa shape index (κ1) is 16.3. The van der Waals surface area contributed by atoms with E-state index in [4.69, 9.17) is 10.8 Å². The van der Waals surface area contributed by atoms with E-state index in [1.165, 1.54) is 11.4 Å². The van der Waals surface area contributed by atoms with Crippen LogP contribution >= 0.6 is 0 Å². The highest BCUT2D eigenvalue weighted by atomic mass is 32.2. The van der Waals surface area contributed by atoms with Gasteiger partial charge in [0, 0.05) is 20.0 Å². The minimum Gasteiger partial charge on any atom is -0.481 e. The van der Waals surface area contributed by atoms with Crippen LogP contribution in [0.4, 0.5) is 0 Å². The van der Waals surface area contributed by atoms with Gasteiger partial charge in [0.15, 0.2) is 0 Å². The SMILES string of the molecule is CN(CC(C)(C)CN)S(=O)(=O)CCCC(=O)O. The third-order valence-electron chi connectivity index (χ3n) is 2.47. The molecule has 0 aliphatic rings. The van der Waals surface area contributed by atoms with E-state index in [1.807, 2.05) is 13.8 Å². The quantitative estimate of drug-likeness (QED) is 0.649. The zero-order valence-electron chi connectivity index (χ0n) is 10.6. The van der Waals surface area contributed by atoms with E-state index in [0.717, 1.165) is 0 Å². The number of hydrogen-bond donors (Lipinski definition) is 2. The Hall–Kier alpha value is -0.660. The summed E-state index contributed by atoms with van der Waals surface area (Å²) in [6, 6.07) is 0. The third kappa shape index (κ3) is 6.60. The molecular weight excluding hydrogens is 244 g/mol. The predicted molar refractivity (Wildman–Crippen MR) is 66.1 cm³/mol. The van der Waals surface area contributed by atoms with Gasteiger partial charge in [-0.15, -0.1) is 0 Å². The Balaban J connectivity index is 4.35. The number of sulfonamides is 1. The van der Waals surface area contributed by atoms with Crippen LogP contribution in [-0.2, 0) is 14.8 Å². The first-order chi connectivity index (χ1) is 7.60. The molecule has 102 valence electrons. The first-order valence-electron chi connectivity index (χ1n) is 5.46. The lowest BCUT2D eigenvalue weighted by Crippen LogP contribution is -2.40. The van der Waals surface area contributed by atoms with E-state index in [9.17, 15) is 13.2 Å². The topological polar surface area (TPSA) is 101 Å². The summed E-state index contributed by atoms with van der Waals surface area (Å²) in [4.78, 5) is 10.3. The Morgan fingerprint density at radius 1 is 1.41 bits per heavy atom. The minimum atomic E-state index is -3.38. The number of hydrogen-bond acceptors (Lipinski definition) is 4. The molecule has 0 fully saturated rings. The fourth-order valence-electron chi connectivity index (χ4n) is 1.33. The van der Waals surface area contributed by atoms with Crippen molar-refractivity contribution in [2.75, 3.05) is 25.9 Å². The molecule has 0 aromatic heterocycles. The molecule has 0 spiro atoms. The van der Waals surface area contributed by atoms with Crippen molar-refractivity contribution in [1.29, 1.82) is 0 Å². The summed E-state index contributed by atoms with van der Waals surface area (Å²) < 4.78 is 24.8. The summed E-state index contributed by atoms with van der Waals surface area (Å²) in [7, 11) is -1.89. The Bertz CT molecular complexity index is 351. The number of carboxylic acids is 1. The molecule has 0 bridgehead atoms. The highest BCUT2D eigenvalue weighted by molar-refractivity contribution is 7.89. The van der Waals surface area contributed by atoms with Crippen molar-refractivity contribution in [1.82, 2.24) is 4.31 Å². The number of nitrogens with zero attached hydrogens (tertiary/aromatic N) is 1. The molecular formula is C10H22N2O4S. The summed E-state index contributed by atoms with van der Waals surface area (Å²) in [5.74, 6) is -1.12. The zero-order chi connectivity index (χ0) is 13.7. The average molecular weight is 266 g/mol. The van der Waals surface area contributed by atoms with Crippen molar-refractivity contribution in [3.8, 4) is 0 Å². The summed E-state index contributed by atoms with van der Waals surface area (Å²) >= 11 is 0. The summed E-state index contributed by atoms with van der Waals surface area (Å²) in [5, 5.41) is 8.45. The first-order valence-corrected chi connectivity index (χ1v) is 7.07. The number of carboxylic acid groups (broad SMARTS) is 1. The van der Waals surface area contributed by atoms with E-state index in [0.29, 0.717) is 13.1 Å². The van der Waals surface area contributed by atoms with E-state index in [2.05, 4.69) is 0 Å². The van der Waals surface area contributed by atoms with Gasteiger partial charge in [0.05, 0.1) is 5.75 Å². The smallest absolute Gasteiger partial charge is 0.303 e. The van der Waals surface area contributed by atoms with Gasteiger partial charge < -0.3 is 10.8 Å². The molecule has 0 saturated heterocycles. The molecule has 0 aromatic rings. The molecule has 0 atom stereocenters. The van der Waals surface area contributed by atoms with Crippen molar-refractivity contribution in [3.05, 3.63) is 0 Å². The van der Waals surface area contributed by atoms with Gasteiger partial charge in [-0.25, -0.2) is 12.7 Å². The molecule has 0 radical (unpaired) electrons. The number of aliphatic carboxylic acids is 1. The molecule has 0 amide bonds. The van der Waals surface area contributed by atoms with Gasteiger partial charge in [0.2, 0.25) is 10.0 Å². The van der Waals surface area contributed by atoms with Crippen molar-refractivity contribution in [3.63, 3.8) is 0 Å². The molecule has 0 aliphatic carbocycles. The molecule has 0 heterocycles. The van der Waals surface area contributed by atoms with Gasteiger partial charge in [0.25, 0.3) is 0 Å². The van der Waals surface area contributed by atoms with Crippen molar-refractivity contribution >= 4 is 16.0 Å². The van der Waals surface area contributed by atoms with Crippen molar-refractivity contribution in [2.24, 2.45) is 11.1 Å². The second-order valence-electron chi connectivity index (χ2n) is 4.94. The van der Waals surface area contributed by atoms with Gasteiger partial charge in [-0.1, -0.05) is 13.8 Å². The van der Waals surface area contributed by atoms with E-state index in [-0.39, 0.29) is 24.0 Å². The molecule has 0 rings (SSSR count). The Labute approximate surface area is 103 Å². The molecule has 7 heteroatoms. The van der Waals surface area contributed by atoms with Crippen LogP contribution in [-0.4, -0.2) is 49.7 Å². The van der Waals surface area contributed by atoms with Crippen LogP contribution in [0.15, 0.2) is 0 Å². The van der Waals surface area contributed by atoms with Crippen LogP contribution < -0.4 is 5.73 Å². The number of carbonyl (C=O) groups is 1. The number of rotatable bonds is 8. The Morgan fingerprint density at radius 2 is 1.94 bits per heavy atom. The summed E-state index contributed by atoms with van der Waals surface area (Å²) in [6.07, 6.45) is -0.00158. The average Bonchev–Trinajstić information content (AvgIpc) is 2.16. The van der Waals surface area contributed by atoms with Gasteiger partial charge in [-0.05, 0) is 18.4 Å². The van der Waals surface area contributed by atoms with Gasteiger partial charge in [-0.2, -0.15) is 0 Å². The Kier molecular flexibility index (Phi) is 6.08. The van der Waals surface area contributed by atoms with E-state index >= 15 is 0 Å². The van der Waals surface area contributed by atoms with Crippen LogP contribution in [0.25, 0.3) is 0 Å². The molecule has 6 nitrogen and oxygen atoms in total. The lowest BCUT2D eigenvalue weighted by molar-refractivity contribution is -0.137. The molecule has 17 heavy (non-hydrogen) atoms. The summed E-state index contributed by atoms with van der Waals surface area (Å²) in [5.41, 5.74) is 5.26. The molecule has 0 unspecified atom stereocenters. The monoisotopic (exact) mass is 266 g/mol. The second-order valence-corrected chi connectivity index (χ2v) is 7.13. The molecule has 0 aromatic carbocycles. The minimum absolute atomic E-state index is 0.130. The molecule has 0 saturated carbocycles. The van der Waals surface area contributed by atoms with Gasteiger partial charge >= 0.3 is 5.97 Å². The second kappa shape index (κ2) is 6.32. The van der Waals surface area contributed by atoms with Crippen molar-refractivity contribution in [2.45, 2.75) is 26.7 Å². The number of nitrogens with two attached hydrogens (primary N) is 1. The lowest BCUT2D eigenvalue weighted by atomic mass is 9.94. The highest BCUT2D eigenvalue weighted by Gasteiger charge is 2.25. The van der Waals surface area contributed by atoms with Crippen LogP contribution in [0.5, 0.6) is 0 Å².